The van der Waals surface area contributed by atoms with Crippen molar-refractivity contribution >= 4 is 22.9 Å². The van der Waals surface area contributed by atoms with Crippen molar-refractivity contribution in [3.63, 3.8) is 0 Å². The summed E-state index contributed by atoms with van der Waals surface area (Å²) in [5.41, 5.74) is 2.97. The minimum Gasteiger partial charge on any atom is -0.507 e. The van der Waals surface area contributed by atoms with Crippen LogP contribution in [-0.2, 0) is 0 Å². The fourth-order valence-electron chi connectivity index (χ4n) is 2.22. The zero-order chi connectivity index (χ0) is 16.2. The van der Waals surface area contributed by atoms with Gasteiger partial charge in [-0.15, -0.1) is 0 Å². The second-order valence-electron chi connectivity index (χ2n) is 4.97. The quantitative estimate of drug-likeness (QED) is 0.575. The predicted molar refractivity (Wildman–Crippen MR) is 87.1 cm³/mol. The van der Waals surface area contributed by atoms with Gasteiger partial charge in [-0.25, -0.2) is 9.82 Å². The molecule has 0 saturated heterocycles. The van der Waals surface area contributed by atoms with Crippen molar-refractivity contribution in [1.82, 2.24) is 5.43 Å². The molecule has 0 atom stereocenters. The van der Waals surface area contributed by atoms with Crippen molar-refractivity contribution in [1.29, 1.82) is 0 Å². The second kappa shape index (κ2) is 6.27. The van der Waals surface area contributed by atoms with Crippen molar-refractivity contribution in [2.75, 3.05) is 0 Å². The number of halogens is 1. The highest BCUT2D eigenvalue weighted by Gasteiger charge is 2.11. The average molecular weight is 308 g/mol. The Hall–Kier alpha value is -3.21. The molecule has 3 rings (SSSR count). The number of amides is 1. The van der Waals surface area contributed by atoms with Gasteiger partial charge in [-0.05, 0) is 40.6 Å². The van der Waals surface area contributed by atoms with Gasteiger partial charge >= 0.3 is 0 Å². The van der Waals surface area contributed by atoms with Crippen molar-refractivity contribution in [2.45, 2.75) is 0 Å². The lowest BCUT2D eigenvalue weighted by Gasteiger charge is -2.05. The smallest absolute Gasteiger partial charge is 0.275 e. The number of hydrogen-bond acceptors (Lipinski definition) is 3. The van der Waals surface area contributed by atoms with Crippen LogP contribution < -0.4 is 5.43 Å². The van der Waals surface area contributed by atoms with Crippen LogP contribution in [0.5, 0.6) is 5.75 Å². The normalized spacial score (nSPS) is 11.0. The molecule has 0 unspecified atom stereocenters. The Morgan fingerprint density at radius 2 is 1.78 bits per heavy atom. The van der Waals surface area contributed by atoms with E-state index in [9.17, 15) is 14.3 Å². The van der Waals surface area contributed by atoms with Crippen LogP contribution in [0.15, 0.2) is 65.8 Å². The van der Waals surface area contributed by atoms with Gasteiger partial charge in [-0.1, -0.05) is 36.4 Å². The number of hydrogen-bond donors (Lipinski definition) is 2. The highest BCUT2D eigenvalue weighted by Crippen LogP contribution is 2.24. The number of rotatable bonds is 3. The minimum atomic E-state index is -0.541. The maximum Gasteiger partial charge on any atom is 0.275 e. The summed E-state index contributed by atoms with van der Waals surface area (Å²) < 4.78 is 13.0. The van der Waals surface area contributed by atoms with Crippen LogP contribution in [0.1, 0.15) is 15.9 Å². The first-order valence-electron chi connectivity index (χ1n) is 6.94. The van der Waals surface area contributed by atoms with Gasteiger partial charge in [0.1, 0.15) is 11.6 Å². The van der Waals surface area contributed by atoms with Crippen LogP contribution in [0.4, 0.5) is 4.39 Å². The summed E-state index contributed by atoms with van der Waals surface area (Å²) in [6.07, 6.45) is 1.33. The van der Waals surface area contributed by atoms with Crippen LogP contribution in [-0.4, -0.2) is 17.2 Å². The number of phenolic OH excluding ortho intramolecular Hbond substituents is 1. The molecule has 0 saturated carbocycles. The number of aromatic hydroxyl groups is 1. The van der Waals surface area contributed by atoms with E-state index in [1.54, 1.807) is 18.2 Å². The largest absolute Gasteiger partial charge is 0.507 e. The summed E-state index contributed by atoms with van der Waals surface area (Å²) in [6, 6.07) is 16.3. The molecule has 3 aromatic carbocycles. The van der Waals surface area contributed by atoms with Gasteiger partial charge < -0.3 is 5.11 Å². The van der Waals surface area contributed by atoms with Gasteiger partial charge in [-0.3, -0.25) is 4.79 Å². The van der Waals surface area contributed by atoms with E-state index >= 15 is 0 Å². The van der Waals surface area contributed by atoms with E-state index in [-0.39, 0.29) is 17.1 Å². The molecular weight excluding hydrogens is 295 g/mol. The lowest BCUT2D eigenvalue weighted by Crippen LogP contribution is -2.17. The molecule has 0 aromatic heterocycles. The standard InChI is InChI=1S/C18H13FN2O2/c19-15-7-3-4-12(8-15)11-20-21-18(23)16-9-13-5-1-2-6-14(13)10-17(16)22/h1-11,22H,(H,21,23)/b20-11+. The SMILES string of the molecule is O=C(N/N=C/c1cccc(F)c1)c1cc2ccccc2cc1O. The zero-order valence-corrected chi connectivity index (χ0v) is 12.0. The molecule has 2 N–H and O–H groups in total. The number of hydrazone groups is 1. The lowest BCUT2D eigenvalue weighted by atomic mass is 10.1. The molecule has 114 valence electrons. The number of carbonyl (C=O) groups excluding carboxylic acids is 1. The Kier molecular flexibility index (Phi) is 4.01. The van der Waals surface area contributed by atoms with Crippen LogP contribution in [0.25, 0.3) is 10.8 Å². The van der Waals surface area contributed by atoms with E-state index in [1.165, 1.54) is 24.4 Å². The maximum absolute atomic E-state index is 13.0. The number of nitrogens with zero attached hydrogens (tertiary/aromatic N) is 1. The Balaban J connectivity index is 1.79. The van der Waals surface area contributed by atoms with E-state index < -0.39 is 5.91 Å². The maximum atomic E-state index is 13.0. The number of nitrogens with one attached hydrogen (secondary N) is 1. The van der Waals surface area contributed by atoms with E-state index in [0.717, 1.165) is 10.8 Å². The zero-order valence-electron chi connectivity index (χ0n) is 12.0. The molecule has 1 amide bonds. The van der Waals surface area contributed by atoms with E-state index in [1.807, 2.05) is 24.3 Å². The van der Waals surface area contributed by atoms with Crippen LogP contribution in [0.3, 0.4) is 0 Å². The minimum absolute atomic E-state index is 0.123. The Bertz CT molecular complexity index is 906. The van der Waals surface area contributed by atoms with E-state index in [0.29, 0.717) is 5.56 Å². The van der Waals surface area contributed by atoms with Crippen LogP contribution in [0.2, 0.25) is 0 Å². The summed E-state index contributed by atoms with van der Waals surface area (Å²) >= 11 is 0. The number of phenols is 1. The third-order valence-electron chi connectivity index (χ3n) is 3.34. The molecule has 23 heavy (non-hydrogen) atoms. The summed E-state index contributed by atoms with van der Waals surface area (Å²) in [5.74, 6) is -1.05. The van der Waals surface area contributed by atoms with Crippen molar-refractivity contribution in [2.24, 2.45) is 5.10 Å². The fourth-order valence-corrected chi connectivity index (χ4v) is 2.22. The predicted octanol–water partition coefficient (Wildman–Crippen LogP) is 3.45. The van der Waals surface area contributed by atoms with Crippen LogP contribution in [0, 0.1) is 5.82 Å². The second-order valence-corrected chi connectivity index (χ2v) is 4.97. The first kappa shape index (κ1) is 14.7. The molecule has 0 aliphatic rings. The Labute approximate surface area is 131 Å². The molecule has 0 fully saturated rings. The molecule has 0 radical (unpaired) electrons. The molecule has 0 aliphatic carbocycles. The molecule has 0 bridgehead atoms. The third kappa shape index (κ3) is 3.35. The topological polar surface area (TPSA) is 61.7 Å². The van der Waals surface area contributed by atoms with Gasteiger partial charge in [0.25, 0.3) is 5.91 Å². The Morgan fingerprint density at radius 1 is 1.04 bits per heavy atom. The number of benzene rings is 3. The summed E-state index contributed by atoms with van der Waals surface area (Å²) in [6.45, 7) is 0. The molecule has 0 aliphatic heterocycles. The van der Waals surface area contributed by atoms with E-state index in [4.69, 9.17) is 0 Å². The lowest BCUT2D eigenvalue weighted by molar-refractivity contribution is 0.0952. The number of fused-ring (bicyclic) bond motifs is 1. The molecular formula is C18H13FN2O2. The van der Waals surface area contributed by atoms with Gasteiger partial charge in [0.2, 0.25) is 0 Å². The first-order valence-corrected chi connectivity index (χ1v) is 6.94. The van der Waals surface area contributed by atoms with Crippen molar-refractivity contribution in [3.8, 4) is 5.75 Å². The first-order chi connectivity index (χ1) is 11.1. The number of carbonyl (C=O) groups is 1. The molecule has 3 aromatic rings. The highest BCUT2D eigenvalue weighted by atomic mass is 19.1. The average Bonchev–Trinajstić information content (AvgIpc) is 2.54. The van der Waals surface area contributed by atoms with Crippen molar-refractivity contribution < 1.29 is 14.3 Å². The molecule has 5 heteroatoms. The highest BCUT2D eigenvalue weighted by molar-refractivity contribution is 6.01. The molecule has 0 spiro atoms. The fraction of sp³-hybridized carbons (Fsp3) is 0. The van der Waals surface area contributed by atoms with Gasteiger partial charge in [0, 0.05) is 0 Å². The van der Waals surface area contributed by atoms with Crippen LogP contribution >= 0.6 is 0 Å². The third-order valence-corrected chi connectivity index (χ3v) is 3.34. The summed E-state index contributed by atoms with van der Waals surface area (Å²) in [7, 11) is 0. The van der Waals surface area contributed by atoms with Gasteiger partial charge in [0.15, 0.2) is 0 Å². The van der Waals surface area contributed by atoms with Gasteiger partial charge in [0.05, 0.1) is 11.8 Å². The molecule has 4 nitrogen and oxygen atoms in total. The van der Waals surface area contributed by atoms with Crippen molar-refractivity contribution in [3.05, 3.63) is 77.6 Å². The monoisotopic (exact) mass is 308 g/mol. The summed E-state index contributed by atoms with van der Waals surface area (Å²) in [4.78, 5) is 12.1. The molecule has 0 heterocycles. The van der Waals surface area contributed by atoms with Gasteiger partial charge in [-0.2, -0.15) is 5.10 Å². The van der Waals surface area contributed by atoms with E-state index in [2.05, 4.69) is 10.5 Å². The Morgan fingerprint density at radius 3 is 2.52 bits per heavy atom. The summed E-state index contributed by atoms with van der Waals surface area (Å²) in [5, 5.41) is 15.4.